The largest absolute Gasteiger partial charge is 0.508 e. The van der Waals surface area contributed by atoms with Gasteiger partial charge in [-0.2, -0.15) is 0 Å². The van der Waals surface area contributed by atoms with Crippen molar-refractivity contribution in [1.82, 2.24) is 5.32 Å². The Hall–Kier alpha value is -1.51. The minimum Gasteiger partial charge on any atom is -0.508 e. The summed E-state index contributed by atoms with van der Waals surface area (Å²) in [5.41, 5.74) is 0.854. The Labute approximate surface area is 108 Å². The number of benzene rings is 1. The summed E-state index contributed by atoms with van der Waals surface area (Å²) in [6.07, 6.45) is 4.14. The molecule has 2 N–H and O–H groups in total. The average molecular weight is 247 g/mol. The predicted octanol–water partition coefficient (Wildman–Crippen LogP) is 2.49. The molecule has 0 bridgehead atoms. The van der Waals surface area contributed by atoms with Crippen LogP contribution < -0.4 is 5.32 Å². The third-order valence-electron chi connectivity index (χ3n) is 3.88. The fraction of sp³-hybridized carbons (Fsp3) is 0.533. The summed E-state index contributed by atoms with van der Waals surface area (Å²) in [5, 5.41) is 12.3. The van der Waals surface area contributed by atoms with Gasteiger partial charge in [0, 0.05) is 6.54 Å². The second kappa shape index (κ2) is 5.89. The lowest BCUT2D eigenvalue weighted by molar-refractivity contribution is -0.120. The van der Waals surface area contributed by atoms with Crippen molar-refractivity contribution in [2.24, 2.45) is 11.8 Å². The van der Waals surface area contributed by atoms with Gasteiger partial charge in [0.2, 0.25) is 5.91 Å². The second-order valence-corrected chi connectivity index (χ2v) is 5.32. The summed E-state index contributed by atoms with van der Waals surface area (Å²) in [7, 11) is 0. The second-order valence-electron chi connectivity index (χ2n) is 5.32. The summed E-state index contributed by atoms with van der Waals surface area (Å²) in [6, 6.07) is 6.87. The molecule has 1 aromatic carbocycles. The lowest BCUT2D eigenvalue weighted by Crippen LogP contribution is -2.31. The van der Waals surface area contributed by atoms with Gasteiger partial charge in [0.1, 0.15) is 5.75 Å². The van der Waals surface area contributed by atoms with E-state index in [0.29, 0.717) is 12.3 Å². The first kappa shape index (κ1) is 12.9. The van der Waals surface area contributed by atoms with Crippen LogP contribution in [0.15, 0.2) is 24.3 Å². The minimum absolute atomic E-state index is 0.0414. The van der Waals surface area contributed by atoms with Gasteiger partial charge in [-0.05, 0) is 36.0 Å². The van der Waals surface area contributed by atoms with Crippen molar-refractivity contribution in [1.29, 1.82) is 0 Å². The molecule has 1 saturated carbocycles. The van der Waals surface area contributed by atoms with Gasteiger partial charge in [-0.15, -0.1) is 0 Å². The van der Waals surface area contributed by atoms with E-state index < -0.39 is 0 Å². The molecule has 1 aromatic rings. The van der Waals surface area contributed by atoms with Gasteiger partial charge in [-0.25, -0.2) is 0 Å². The van der Waals surface area contributed by atoms with Crippen molar-refractivity contribution in [2.75, 3.05) is 6.54 Å². The maximum Gasteiger partial charge on any atom is 0.224 e. The van der Waals surface area contributed by atoms with Gasteiger partial charge in [-0.1, -0.05) is 31.9 Å². The fourth-order valence-electron chi connectivity index (χ4n) is 2.68. The molecule has 3 heteroatoms. The highest BCUT2D eigenvalue weighted by Crippen LogP contribution is 2.30. The van der Waals surface area contributed by atoms with E-state index >= 15 is 0 Å². The molecular weight excluding hydrogens is 226 g/mol. The van der Waals surface area contributed by atoms with E-state index in [-0.39, 0.29) is 11.7 Å². The molecule has 1 amide bonds. The van der Waals surface area contributed by atoms with Crippen molar-refractivity contribution in [3.8, 4) is 5.75 Å². The molecule has 3 nitrogen and oxygen atoms in total. The van der Waals surface area contributed by atoms with Crippen molar-refractivity contribution >= 4 is 5.91 Å². The predicted molar refractivity (Wildman–Crippen MR) is 71.3 cm³/mol. The van der Waals surface area contributed by atoms with Crippen LogP contribution in [-0.2, 0) is 11.2 Å². The minimum atomic E-state index is 0.0414. The molecule has 0 radical (unpaired) electrons. The van der Waals surface area contributed by atoms with Gasteiger partial charge in [0.25, 0.3) is 0 Å². The van der Waals surface area contributed by atoms with E-state index in [9.17, 15) is 9.90 Å². The topological polar surface area (TPSA) is 49.3 Å². The summed E-state index contributed by atoms with van der Waals surface area (Å²) in [6.45, 7) is 3.05. The molecule has 0 aromatic heterocycles. The van der Waals surface area contributed by atoms with Crippen molar-refractivity contribution in [3.63, 3.8) is 0 Å². The Balaban J connectivity index is 1.78. The molecule has 1 aliphatic carbocycles. The molecule has 0 aliphatic heterocycles. The number of hydrogen-bond donors (Lipinski definition) is 2. The van der Waals surface area contributed by atoms with E-state index in [2.05, 4.69) is 12.2 Å². The van der Waals surface area contributed by atoms with Gasteiger partial charge >= 0.3 is 0 Å². The Morgan fingerprint density at radius 1 is 1.44 bits per heavy atom. The van der Waals surface area contributed by atoms with Gasteiger partial charge in [-0.3, -0.25) is 4.79 Å². The van der Waals surface area contributed by atoms with Crippen LogP contribution in [0.25, 0.3) is 0 Å². The van der Waals surface area contributed by atoms with Crippen LogP contribution in [0.5, 0.6) is 5.75 Å². The monoisotopic (exact) mass is 247 g/mol. The van der Waals surface area contributed by atoms with Crippen LogP contribution in [-0.4, -0.2) is 17.6 Å². The van der Waals surface area contributed by atoms with Crippen LogP contribution in [0.4, 0.5) is 0 Å². The van der Waals surface area contributed by atoms with Crippen molar-refractivity contribution < 1.29 is 9.90 Å². The molecule has 1 aliphatic rings. The number of nitrogens with one attached hydrogen (secondary N) is 1. The summed E-state index contributed by atoms with van der Waals surface area (Å²) in [5.74, 6) is 1.62. The number of carbonyl (C=O) groups excluding carboxylic acids is 1. The summed E-state index contributed by atoms with van der Waals surface area (Å²) >= 11 is 0. The standard InChI is InChI=1S/C15H21NO2/c1-11-4-2-6-13(11)10-16-15(18)9-12-5-3-7-14(17)8-12/h3,5,7-8,11,13,17H,2,4,6,9-10H2,1H3,(H,16,18). The molecule has 18 heavy (non-hydrogen) atoms. The first-order valence-electron chi connectivity index (χ1n) is 6.70. The van der Waals surface area contributed by atoms with Crippen LogP contribution in [0.3, 0.4) is 0 Å². The van der Waals surface area contributed by atoms with E-state index in [1.54, 1.807) is 18.2 Å². The first-order chi connectivity index (χ1) is 8.65. The summed E-state index contributed by atoms with van der Waals surface area (Å²) in [4.78, 5) is 11.8. The molecule has 0 heterocycles. The number of amides is 1. The maximum atomic E-state index is 11.8. The molecule has 0 spiro atoms. The highest BCUT2D eigenvalue weighted by atomic mass is 16.3. The van der Waals surface area contributed by atoms with Crippen LogP contribution in [0, 0.1) is 11.8 Å². The summed E-state index contributed by atoms with van der Waals surface area (Å²) < 4.78 is 0. The fourth-order valence-corrected chi connectivity index (χ4v) is 2.68. The highest BCUT2D eigenvalue weighted by Gasteiger charge is 2.23. The first-order valence-corrected chi connectivity index (χ1v) is 6.70. The molecule has 0 saturated heterocycles. The number of phenolic OH excluding ortho intramolecular Hbond substituents is 1. The third-order valence-corrected chi connectivity index (χ3v) is 3.88. The number of hydrogen-bond acceptors (Lipinski definition) is 2. The Morgan fingerprint density at radius 2 is 2.28 bits per heavy atom. The lowest BCUT2D eigenvalue weighted by Gasteiger charge is -2.15. The lowest BCUT2D eigenvalue weighted by atomic mass is 9.98. The molecule has 98 valence electrons. The highest BCUT2D eigenvalue weighted by molar-refractivity contribution is 5.78. The molecular formula is C15H21NO2. The van der Waals surface area contributed by atoms with E-state index in [1.807, 2.05) is 6.07 Å². The van der Waals surface area contributed by atoms with Crippen molar-refractivity contribution in [2.45, 2.75) is 32.6 Å². The average Bonchev–Trinajstić information content (AvgIpc) is 2.72. The normalized spacial score (nSPS) is 22.9. The number of rotatable bonds is 4. The Bertz CT molecular complexity index is 417. The molecule has 2 rings (SSSR count). The molecule has 2 atom stereocenters. The zero-order valence-electron chi connectivity index (χ0n) is 10.9. The molecule has 2 unspecified atom stereocenters. The number of carbonyl (C=O) groups is 1. The van der Waals surface area contributed by atoms with Gasteiger partial charge in [0.15, 0.2) is 0 Å². The zero-order valence-corrected chi connectivity index (χ0v) is 10.9. The Kier molecular flexibility index (Phi) is 4.24. The number of aromatic hydroxyl groups is 1. The smallest absolute Gasteiger partial charge is 0.224 e. The quantitative estimate of drug-likeness (QED) is 0.858. The van der Waals surface area contributed by atoms with Gasteiger partial charge < -0.3 is 10.4 Å². The van der Waals surface area contributed by atoms with Crippen LogP contribution >= 0.6 is 0 Å². The van der Waals surface area contributed by atoms with Crippen molar-refractivity contribution in [3.05, 3.63) is 29.8 Å². The Morgan fingerprint density at radius 3 is 2.94 bits per heavy atom. The number of phenols is 1. The zero-order chi connectivity index (χ0) is 13.0. The van der Waals surface area contributed by atoms with Gasteiger partial charge in [0.05, 0.1) is 6.42 Å². The van der Waals surface area contributed by atoms with Crippen LogP contribution in [0.1, 0.15) is 31.7 Å². The maximum absolute atomic E-state index is 11.8. The third kappa shape index (κ3) is 3.49. The van der Waals surface area contributed by atoms with Crippen LogP contribution in [0.2, 0.25) is 0 Å². The van der Waals surface area contributed by atoms with E-state index in [1.165, 1.54) is 19.3 Å². The van der Waals surface area contributed by atoms with E-state index in [4.69, 9.17) is 0 Å². The SMILES string of the molecule is CC1CCCC1CNC(=O)Cc1cccc(O)c1. The molecule has 1 fully saturated rings. The van der Waals surface area contributed by atoms with E-state index in [0.717, 1.165) is 18.0 Å².